The second-order valence-corrected chi connectivity index (χ2v) is 5.39. The normalized spacial score (nSPS) is 10.4. The summed E-state index contributed by atoms with van der Waals surface area (Å²) in [7, 11) is 1.85. The van der Waals surface area contributed by atoms with Crippen LogP contribution < -0.4 is 5.73 Å². The Balaban J connectivity index is 1.89. The van der Waals surface area contributed by atoms with Gasteiger partial charge in [-0.05, 0) is 49.1 Å². The summed E-state index contributed by atoms with van der Waals surface area (Å²) >= 11 is 0. The largest absolute Gasteiger partial charge is 0.399 e. The number of anilines is 1. The first-order valence-corrected chi connectivity index (χ1v) is 7.23. The van der Waals surface area contributed by atoms with Crippen LogP contribution in [0.4, 0.5) is 5.69 Å². The number of benzene rings is 2. The number of rotatable bonds is 5. The molecule has 2 N–H and O–H groups in total. The van der Waals surface area contributed by atoms with Gasteiger partial charge >= 0.3 is 0 Å². The van der Waals surface area contributed by atoms with E-state index in [1.54, 1.807) is 17.0 Å². The minimum Gasteiger partial charge on any atom is -0.399 e. The number of nitrogens with two attached hydrogens (primary N) is 1. The van der Waals surface area contributed by atoms with Gasteiger partial charge in [0.25, 0.3) is 5.91 Å². The summed E-state index contributed by atoms with van der Waals surface area (Å²) in [5.41, 5.74) is 9.45. The quantitative estimate of drug-likeness (QED) is 0.855. The summed E-state index contributed by atoms with van der Waals surface area (Å²) in [6, 6.07) is 15.8. The minimum atomic E-state index is 0.0474. The first-order valence-electron chi connectivity index (χ1n) is 7.23. The Morgan fingerprint density at radius 2 is 1.86 bits per heavy atom. The van der Waals surface area contributed by atoms with E-state index in [0.29, 0.717) is 5.56 Å². The topological polar surface area (TPSA) is 46.3 Å². The number of nitrogens with zero attached hydrogens (tertiary/aromatic N) is 1. The molecular weight excluding hydrogens is 260 g/mol. The van der Waals surface area contributed by atoms with Crippen LogP contribution in [0, 0.1) is 6.92 Å². The average Bonchev–Trinajstić information content (AvgIpc) is 2.50. The van der Waals surface area contributed by atoms with E-state index in [1.807, 2.05) is 38.2 Å². The molecule has 3 nitrogen and oxygen atoms in total. The first kappa shape index (κ1) is 15.1. The molecule has 0 heterocycles. The molecule has 0 unspecified atom stereocenters. The molecule has 2 aromatic rings. The van der Waals surface area contributed by atoms with Crippen molar-refractivity contribution in [3.05, 3.63) is 65.2 Å². The third kappa shape index (κ3) is 4.09. The van der Waals surface area contributed by atoms with Crippen LogP contribution in [0.2, 0.25) is 0 Å². The van der Waals surface area contributed by atoms with Crippen molar-refractivity contribution in [1.82, 2.24) is 4.90 Å². The fourth-order valence-corrected chi connectivity index (χ4v) is 2.30. The van der Waals surface area contributed by atoms with Crippen molar-refractivity contribution in [2.45, 2.75) is 19.8 Å². The van der Waals surface area contributed by atoms with Gasteiger partial charge in [-0.3, -0.25) is 4.79 Å². The van der Waals surface area contributed by atoms with Crippen molar-refractivity contribution >= 4 is 11.6 Å². The maximum Gasteiger partial charge on any atom is 0.253 e. The highest BCUT2D eigenvalue weighted by Crippen LogP contribution is 2.14. The van der Waals surface area contributed by atoms with Gasteiger partial charge in [-0.15, -0.1) is 0 Å². The van der Waals surface area contributed by atoms with Crippen LogP contribution in [0.5, 0.6) is 0 Å². The molecule has 0 bridgehead atoms. The number of amides is 1. The highest BCUT2D eigenvalue weighted by Gasteiger charge is 2.12. The van der Waals surface area contributed by atoms with E-state index in [0.717, 1.165) is 30.6 Å². The highest BCUT2D eigenvalue weighted by molar-refractivity contribution is 5.94. The van der Waals surface area contributed by atoms with Crippen LogP contribution in [0.25, 0.3) is 0 Å². The third-order valence-electron chi connectivity index (χ3n) is 3.67. The molecule has 2 aromatic carbocycles. The lowest BCUT2D eigenvalue weighted by atomic mass is 10.1. The van der Waals surface area contributed by atoms with Gasteiger partial charge < -0.3 is 10.6 Å². The molecular formula is C18H22N2O. The van der Waals surface area contributed by atoms with Crippen molar-refractivity contribution in [3.63, 3.8) is 0 Å². The maximum absolute atomic E-state index is 12.3. The van der Waals surface area contributed by atoms with Gasteiger partial charge in [0.05, 0.1) is 0 Å². The molecule has 110 valence electrons. The minimum absolute atomic E-state index is 0.0474. The number of carbonyl (C=O) groups excluding carboxylic acids is 1. The number of aryl methyl sites for hydroxylation is 2. The SMILES string of the molecule is Cc1cc(C(=O)N(C)CCCc2ccccc2)ccc1N. The first-order chi connectivity index (χ1) is 10.1. The van der Waals surface area contributed by atoms with E-state index in [9.17, 15) is 4.79 Å². The van der Waals surface area contributed by atoms with E-state index in [1.165, 1.54) is 5.56 Å². The van der Waals surface area contributed by atoms with Gasteiger partial charge in [-0.1, -0.05) is 30.3 Å². The highest BCUT2D eigenvalue weighted by atomic mass is 16.2. The molecule has 1 amide bonds. The molecule has 0 aliphatic carbocycles. The summed E-state index contributed by atoms with van der Waals surface area (Å²) < 4.78 is 0. The molecule has 0 saturated carbocycles. The summed E-state index contributed by atoms with van der Waals surface area (Å²) in [6.45, 7) is 2.67. The Morgan fingerprint density at radius 3 is 2.52 bits per heavy atom. The van der Waals surface area contributed by atoms with Crippen molar-refractivity contribution in [2.24, 2.45) is 0 Å². The van der Waals surface area contributed by atoms with Crippen LogP contribution in [0.3, 0.4) is 0 Å². The average molecular weight is 282 g/mol. The number of hydrogen-bond acceptors (Lipinski definition) is 2. The predicted molar refractivity (Wildman–Crippen MR) is 87.3 cm³/mol. The van der Waals surface area contributed by atoms with Crippen molar-refractivity contribution in [3.8, 4) is 0 Å². The molecule has 0 atom stereocenters. The van der Waals surface area contributed by atoms with Crippen molar-refractivity contribution in [2.75, 3.05) is 19.3 Å². The lowest BCUT2D eigenvalue weighted by Gasteiger charge is -2.17. The van der Waals surface area contributed by atoms with Crippen LogP contribution in [0.15, 0.2) is 48.5 Å². The summed E-state index contributed by atoms with van der Waals surface area (Å²) in [4.78, 5) is 14.1. The fourth-order valence-electron chi connectivity index (χ4n) is 2.30. The van der Waals surface area contributed by atoms with E-state index >= 15 is 0 Å². The molecule has 0 aromatic heterocycles. The number of hydrogen-bond donors (Lipinski definition) is 1. The molecule has 0 saturated heterocycles. The fraction of sp³-hybridized carbons (Fsp3) is 0.278. The standard InChI is InChI=1S/C18H22N2O/c1-14-13-16(10-11-17(14)19)18(21)20(2)12-6-9-15-7-4-3-5-8-15/h3-5,7-8,10-11,13H,6,9,12,19H2,1-2H3. The number of nitrogen functional groups attached to an aromatic ring is 1. The summed E-state index contributed by atoms with van der Waals surface area (Å²) in [6.07, 6.45) is 1.94. The molecule has 0 fully saturated rings. The van der Waals surface area contributed by atoms with Gasteiger partial charge in [0.15, 0.2) is 0 Å². The van der Waals surface area contributed by atoms with E-state index < -0.39 is 0 Å². The Bertz CT molecular complexity index is 608. The van der Waals surface area contributed by atoms with Gasteiger partial charge in [0.1, 0.15) is 0 Å². The van der Waals surface area contributed by atoms with Gasteiger partial charge in [-0.2, -0.15) is 0 Å². The summed E-state index contributed by atoms with van der Waals surface area (Å²) in [5.74, 6) is 0.0474. The van der Waals surface area contributed by atoms with E-state index in [2.05, 4.69) is 12.1 Å². The molecule has 0 radical (unpaired) electrons. The molecule has 2 rings (SSSR count). The molecule has 21 heavy (non-hydrogen) atoms. The lowest BCUT2D eigenvalue weighted by Crippen LogP contribution is -2.28. The second kappa shape index (κ2) is 6.93. The van der Waals surface area contributed by atoms with Gasteiger partial charge in [0.2, 0.25) is 0 Å². The molecule has 0 spiro atoms. The van der Waals surface area contributed by atoms with Crippen molar-refractivity contribution < 1.29 is 4.79 Å². The zero-order chi connectivity index (χ0) is 15.2. The molecule has 0 aliphatic heterocycles. The van der Waals surface area contributed by atoms with E-state index in [-0.39, 0.29) is 5.91 Å². The maximum atomic E-state index is 12.3. The predicted octanol–water partition coefficient (Wildman–Crippen LogP) is 3.28. The van der Waals surface area contributed by atoms with Crippen LogP contribution >= 0.6 is 0 Å². The van der Waals surface area contributed by atoms with Crippen LogP contribution in [-0.4, -0.2) is 24.4 Å². The smallest absolute Gasteiger partial charge is 0.253 e. The Kier molecular flexibility index (Phi) is 4.99. The Hall–Kier alpha value is -2.29. The molecule has 3 heteroatoms. The van der Waals surface area contributed by atoms with Crippen LogP contribution in [-0.2, 0) is 6.42 Å². The zero-order valence-electron chi connectivity index (χ0n) is 12.7. The Morgan fingerprint density at radius 1 is 1.14 bits per heavy atom. The zero-order valence-corrected chi connectivity index (χ0v) is 12.7. The molecule has 0 aliphatic rings. The van der Waals surface area contributed by atoms with Gasteiger partial charge in [0, 0.05) is 24.8 Å². The van der Waals surface area contributed by atoms with E-state index in [4.69, 9.17) is 5.73 Å². The van der Waals surface area contributed by atoms with Crippen molar-refractivity contribution in [1.29, 1.82) is 0 Å². The monoisotopic (exact) mass is 282 g/mol. The van der Waals surface area contributed by atoms with Crippen LogP contribution in [0.1, 0.15) is 27.9 Å². The van der Waals surface area contributed by atoms with Gasteiger partial charge in [-0.25, -0.2) is 0 Å². The second-order valence-electron chi connectivity index (χ2n) is 5.39. The Labute approximate surface area is 126 Å². The number of carbonyl (C=O) groups is 1. The summed E-state index contributed by atoms with van der Waals surface area (Å²) in [5, 5.41) is 0. The third-order valence-corrected chi connectivity index (χ3v) is 3.67. The lowest BCUT2D eigenvalue weighted by molar-refractivity contribution is 0.0793.